The zero-order valence-corrected chi connectivity index (χ0v) is 11.2. The van der Waals surface area contributed by atoms with Crippen molar-refractivity contribution in [2.45, 2.75) is 19.1 Å². The first-order valence-electron chi connectivity index (χ1n) is 6.27. The number of pyridine rings is 1. The maximum absolute atomic E-state index is 12.7. The van der Waals surface area contributed by atoms with Gasteiger partial charge in [0.2, 0.25) is 0 Å². The molecule has 1 unspecified atom stereocenters. The van der Waals surface area contributed by atoms with Gasteiger partial charge in [0.25, 0.3) is 5.91 Å². The van der Waals surface area contributed by atoms with Gasteiger partial charge in [-0.05, 0) is 36.8 Å². The Labute approximate surface area is 119 Å². The monoisotopic (exact) mass is 294 g/mol. The van der Waals surface area contributed by atoms with Crippen molar-refractivity contribution in [3.63, 3.8) is 0 Å². The topological polar surface area (TPSA) is 42.0 Å². The van der Waals surface area contributed by atoms with Crippen LogP contribution in [-0.2, 0) is 6.18 Å². The Bertz CT molecular complexity index is 626. The van der Waals surface area contributed by atoms with Gasteiger partial charge in [0.15, 0.2) is 0 Å². The summed E-state index contributed by atoms with van der Waals surface area (Å²) in [5, 5.41) is 2.62. The smallest absolute Gasteiger partial charge is 0.344 e. The van der Waals surface area contributed by atoms with Gasteiger partial charge < -0.3 is 5.32 Å². The minimum absolute atomic E-state index is 0.219. The maximum atomic E-state index is 12.7. The molecule has 0 aliphatic carbocycles. The Hall–Kier alpha value is -2.37. The van der Waals surface area contributed by atoms with E-state index in [1.54, 1.807) is 25.1 Å². The quantitative estimate of drug-likeness (QED) is 0.940. The molecule has 0 radical (unpaired) electrons. The predicted octanol–water partition coefficient (Wildman–Crippen LogP) is 3.59. The van der Waals surface area contributed by atoms with Gasteiger partial charge in [-0.1, -0.05) is 18.2 Å². The van der Waals surface area contributed by atoms with E-state index in [4.69, 9.17) is 0 Å². The van der Waals surface area contributed by atoms with Crippen LogP contribution in [0.1, 0.15) is 34.6 Å². The standard InChI is InChI=1S/C15H13F3N2O/c1-10(20-14(21)13-7-2-3-8-19-13)11-5-4-6-12(9-11)15(16,17)18/h2-10H,1H3,(H,20,21). The molecule has 110 valence electrons. The van der Waals surface area contributed by atoms with Crippen LogP contribution in [0.4, 0.5) is 13.2 Å². The number of rotatable bonds is 3. The van der Waals surface area contributed by atoms with E-state index in [9.17, 15) is 18.0 Å². The summed E-state index contributed by atoms with van der Waals surface area (Å²) in [6.45, 7) is 1.62. The van der Waals surface area contributed by atoms with Gasteiger partial charge in [0.05, 0.1) is 11.6 Å². The molecule has 0 saturated heterocycles. The molecule has 1 aromatic carbocycles. The fourth-order valence-electron chi connectivity index (χ4n) is 1.84. The average Bonchev–Trinajstić information content (AvgIpc) is 2.47. The number of carbonyl (C=O) groups excluding carboxylic acids is 1. The Kier molecular flexibility index (Phi) is 4.26. The van der Waals surface area contributed by atoms with E-state index in [0.717, 1.165) is 12.1 Å². The van der Waals surface area contributed by atoms with Gasteiger partial charge in [-0.3, -0.25) is 9.78 Å². The third-order valence-corrected chi connectivity index (χ3v) is 2.96. The van der Waals surface area contributed by atoms with Crippen LogP contribution in [0.5, 0.6) is 0 Å². The molecular formula is C15H13F3N2O. The van der Waals surface area contributed by atoms with Crippen molar-refractivity contribution in [3.05, 3.63) is 65.5 Å². The molecule has 21 heavy (non-hydrogen) atoms. The number of hydrogen-bond donors (Lipinski definition) is 1. The number of nitrogens with one attached hydrogen (secondary N) is 1. The first kappa shape index (κ1) is 15.0. The van der Waals surface area contributed by atoms with Crippen molar-refractivity contribution in [1.82, 2.24) is 10.3 Å². The highest BCUT2D eigenvalue weighted by Crippen LogP contribution is 2.30. The van der Waals surface area contributed by atoms with Crippen LogP contribution in [-0.4, -0.2) is 10.9 Å². The first-order valence-corrected chi connectivity index (χ1v) is 6.27. The molecule has 0 aliphatic rings. The van der Waals surface area contributed by atoms with Crippen LogP contribution in [0.25, 0.3) is 0 Å². The van der Waals surface area contributed by atoms with Crippen molar-refractivity contribution in [3.8, 4) is 0 Å². The molecule has 2 rings (SSSR count). The fraction of sp³-hybridized carbons (Fsp3) is 0.200. The van der Waals surface area contributed by atoms with E-state index in [0.29, 0.717) is 5.56 Å². The number of halogens is 3. The van der Waals surface area contributed by atoms with Crippen LogP contribution in [0, 0.1) is 0 Å². The van der Waals surface area contributed by atoms with Gasteiger partial charge in [-0.15, -0.1) is 0 Å². The normalized spacial score (nSPS) is 12.8. The molecule has 0 spiro atoms. The molecule has 1 heterocycles. The number of amides is 1. The molecule has 0 aliphatic heterocycles. The lowest BCUT2D eigenvalue weighted by atomic mass is 10.0. The lowest BCUT2D eigenvalue weighted by Gasteiger charge is -2.16. The summed E-state index contributed by atoms with van der Waals surface area (Å²) in [7, 11) is 0. The lowest BCUT2D eigenvalue weighted by Crippen LogP contribution is -2.27. The van der Waals surface area contributed by atoms with E-state index in [1.807, 2.05) is 0 Å². The number of alkyl halides is 3. The highest BCUT2D eigenvalue weighted by Gasteiger charge is 2.30. The Morgan fingerprint density at radius 2 is 1.95 bits per heavy atom. The summed E-state index contributed by atoms with van der Waals surface area (Å²) in [6.07, 6.45) is -2.93. The second kappa shape index (κ2) is 5.95. The van der Waals surface area contributed by atoms with E-state index < -0.39 is 23.7 Å². The minimum Gasteiger partial charge on any atom is -0.344 e. The third-order valence-electron chi connectivity index (χ3n) is 2.96. The number of nitrogens with zero attached hydrogens (tertiary/aromatic N) is 1. The second-order valence-electron chi connectivity index (χ2n) is 4.53. The summed E-state index contributed by atoms with van der Waals surface area (Å²) in [5.74, 6) is -0.430. The highest BCUT2D eigenvalue weighted by atomic mass is 19.4. The van der Waals surface area contributed by atoms with Gasteiger partial charge in [0, 0.05) is 6.20 Å². The largest absolute Gasteiger partial charge is 0.416 e. The van der Waals surface area contributed by atoms with Crippen LogP contribution in [0.2, 0.25) is 0 Å². The van der Waals surface area contributed by atoms with Gasteiger partial charge in [-0.2, -0.15) is 13.2 Å². The molecule has 3 nitrogen and oxygen atoms in total. The summed E-state index contributed by atoms with van der Waals surface area (Å²) in [6, 6.07) is 9.21. The highest BCUT2D eigenvalue weighted by molar-refractivity contribution is 5.92. The van der Waals surface area contributed by atoms with E-state index in [2.05, 4.69) is 10.3 Å². The molecule has 2 aromatic rings. The molecule has 1 amide bonds. The minimum atomic E-state index is -4.40. The van der Waals surface area contributed by atoms with E-state index in [1.165, 1.54) is 18.3 Å². The van der Waals surface area contributed by atoms with Gasteiger partial charge in [0.1, 0.15) is 5.69 Å². The van der Waals surface area contributed by atoms with E-state index in [-0.39, 0.29) is 5.69 Å². The van der Waals surface area contributed by atoms with Gasteiger partial charge >= 0.3 is 6.18 Å². The predicted molar refractivity (Wildman–Crippen MR) is 71.6 cm³/mol. The van der Waals surface area contributed by atoms with Crippen molar-refractivity contribution in [2.24, 2.45) is 0 Å². The molecule has 0 fully saturated rings. The lowest BCUT2D eigenvalue weighted by molar-refractivity contribution is -0.137. The molecule has 6 heteroatoms. The number of benzene rings is 1. The fourth-order valence-corrected chi connectivity index (χ4v) is 1.84. The van der Waals surface area contributed by atoms with E-state index >= 15 is 0 Å². The molecule has 1 atom stereocenters. The average molecular weight is 294 g/mol. The Morgan fingerprint density at radius 3 is 2.57 bits per heavy atom. The van der Waals surface area contributed by atoms with Crippen molar-refractivity contribution in [2.75, 3.05) is 0 Å². The third kappa shape index (κ3) is 3.81. The van der Waals surface area contributed by atoms with Crippen LogP contribution in [0.15, 0.2) is 48.7 Å². The van der Waals surface area contributed by atoms with Gasteiger partial charge in [-0.25, -0.2) is 0 Å². The SMILES string of the molecule is CC(NC(=O)c1ccccn1)c1cccc(C(F)(F)F)c1. The summed E-state index contributed by atoms with van der Waals surface area (Å²) in [5.41, 5.74) is -0.135. The van der Waals surface area contributed by atoms with Crippen LogP contribution in [0.3, 0.4) is 0 Å². The van der Waals surface area contributed by atoms with Crippen LogP contribution >= 0.6 is 0 Å². The molecule has 1 N–H and O–H groups in total. The molecule has 0 saturated carbocycles. The number of carbonyl (C=O) groups is 1. The summed E-state index contributed by atoms with van der Waals surface area (Å²) >= 11 is 0. The van der Waals surface area contributed by atoms with Crippen molar-refractivity contribution < 1.29 is 18.0 Å². The summed E-state index contributed by atoms with van der Waals surface area (Å²) in [4.78, 5) is 15.8. The molecular weight excluding hydrogens is 281 g/mol. The summed E-state index contributed by atoms with van der Waals surface area (Å²) < 4.78 is 38.0. The molecule has 1 aromatic heterocycles. The Balaban J connectivity index is 2.14. The van der Waals surface area contributed by atoms with Crippen molar-refractivity contribution >= 4 is 5.91 Å². The zero-order valence-electron chi connectivity index (χ0n) is 11.2. The first-order chi connectivity index (χ1) is 9.88. The number of hydrogen-bond acceptors (Lipinski definition) is 2. The van der Waals surface area contributed by atoms with Crippen molar-refractivity contribution in [1.29, 1.82) is 0 Å². The Morgan fingerprint density at radius 1 is 1.19 bits per heavy atom. The zero-order chi connectivity index (χ0) is 15.5. The second-order valence-corrected chi connectivity index (χ2v) is 4.53. The van der Waals surface area contributed by atoms with Crippen LogP contribution < -0.4 is 5.32 Å². The number of aromatic nitrogens is 1. The maximum Gasteiger partial charge on any atom is 0.416 e. The molecule has 0 bridgehead atoms.